The Kier molecular flexibility index (Phi) is 6.61. The van der Waals surface area contributed by atoms with Crippen molar-refractivity contribution in [3.05, 3.63) is 64.9 Å². The molecule has 0 fully saturated rings. The van der Waals surface area contributed by atoms with Gasteiger partial charge in [-0.2, -0.15) is 0 Å². The molecule has 3 nitrogen and oxygen atoms in total. The molecular formula is C20H26ClN3. The fourth-order valence-corrected chi connectivity index (χ4v) is 2.44. The van der Waals surface area contributed by atoms with Gasteiger partial charge in [0.15, 0.2) is 0 Å². The van der Waals surface area contributed by atoms with E-state index in [1.807, 2.05) is 39.6 Å². The van der Waals surface area contributed by atoms with Gasteiger partial charge in [-0.3, -0.25) is 0 Å². The summed E-state index contributed by atoms with van der Waals surface area (Å²) in [5.41, 5.74) is 12.0. The van der Waals surface area contributed by atoms with E-state index in [2.05, 4.69) is 24.7 Å². The molecular weight excluding hydrogens is 318 g/mol. The first-order valence-electron chi connectivity index (χ1n) is 7.63. The second-order valence-electron chi connectivity index (χ2n) is 5.78. The summed E-state index contributed by atoms with van der Waals surface area (Å²) in [7, 11) is 1.90. The number of nitrogens with zero attached hydrogens (tertiary/aromatic N) is 2. The Balaban J connectivity index is 3.31. The van der Waals surface area contributed by atoms with Gasteiger partial charge in [0.05, 0.1) is 0 Å². The Morgan fingerprint density at radius 1 is 1.21 bits per heavy atom. The number of benzene rings is 1. The van der Waals surface area contributed by atoms with E-state index < -0.39 is 0 Å². The van der Waals surface area contributed by atoms with E-state index in [-0.39, 0.29) is 0 Å². The van der Waals surface area contributed by atoms with E-state index in [1.54, 1.807) is 18.2 Å². The molecule has 0 atom stereocenters. The highest BCUT2D eigenvalue weighted by Gasteiger charge is 2.16. The van der Waals surface area contributed by atoms with Crippen molar-refractivity contribution in [1.29, 1.82) is 0 Å². The fourth-order valence-electron chi connectivity index (χ4n) is 2.21. The van der Waals surface area contributed by atoms with Crippen molar-refractivity contribution in [2.45, 2.75) is 27.7 Å². The number of nitrogen functional groups attached to an aromatic ring is 1. The van der Waals surface area contributed by atoms with Crippen molar-refractivity contribution < 1.29 is 0 Å². The molecule has 128 valence electrons. The maximum absolute atomic E-state index is 6.26. The smallest absolute Gasteiger partial charge is 0.105 e. The van der Waals surface area contributed by atoms with E-state index in [4.69, 9.17) is 17.3 Å². The Morgan fingerprint density at radius 3 is 2.29 bits per heavy atom. The van der Waals surface area contributed by atoms with Gasteiger partial charge in [0.25, 0.3) is 0 Å². The van der Waals surface area contributed by atoms with Gasteiger partial charge in [0.1, 0.15) is 5.84 Å². The molecule has 0 aliphatic carbocycles. The summed E-state index contributed by atoms with van der Waals surface area (Å²) in [5.74, 6) is 0.799. The van der Waals surface area contributed by atoms with E-state index in [9.17, 15) is 0 Å². The molecule has 0 radical (unpaired) electrons. The minimum atomic E-state index is 0.590. The number of halogens is 1. The second-order valence-corrected chi connectivity index (χ2v) is 6.19. The van der Waals surface area contributed by atoms with Crippen LogP contribution in [0.2, 0.25) is 5.02 Å². The third-order valence-corrected chi connectivity index (χ3v) is 4.45. The Morgan fingerprint density at radius 2 is 1.79 bits per heavy atom. The summed E-state index contributed by atoms with van der Waals surface area (Å²) in [6.07, 6.45) is 1.69. The molecule has 1 aromatic rings. The average molecular weight is 344 g/mol. The number of rotatable bonds is 5. The van der Waals surface area contributed by atoms with Crippen molar-refractivity contribution >= 4 is 34.9 Å². The quantitative estimate of drug-likeness (QED) is 0.320. The molecule has 0 saturated carbocycles. The van der Waals surface area contributed by atoms with Crippen LogP contribution in [0, 0.1) is 0 Å². The highest BCUT2D eigenvalue weighted by atomic mass is 35.5. The Hall–Kier alpha value is -2.26. The minimum Gasteiger partial charge on any atom is -0.398 e. The highest BCUT2D eigenvalue weighted by Crippen LogP contribution is 2.32. The summed E-state index contributed by atoms with van der Waals surface area (Å²) < 4.78 is 0. The molecule has 0 saturated heterocycles. The third kappa shape index (κ3) is 4.18. The van der Waals surface area contributed by atoms with Crippen LogP contribution in [0.1, 0.15) is 38.8 Å². The number of nitrogens with two attached hydrogens (primary N) is 1. The lowest BCUT2D eigenvalue weighted by Crippen LogP contribution is -2.23. The molecule has 0 spiro atoms. The van der Waals surface area contributed by atoms with Gasteiger partial charge in [-0.05, 0) is 45.4 Å². The highest BCUT2D eigenvalue weighted by molar-refractivity contribution is 6.32. The normalized spacial score (nSPS) is 12.5. The maximum atomic E-state index is 6.26. The minimum absolute atomic E-state index is 0.590. The van der Waals surface area contributed by atoms with Crippen molar-refractivity contribution in [3.8, 4) is 0 Å². The maximum Gasteiger partial charge on any atom is 0.105 e. The molecule has 0 aliphatic rings. The van der Waals surface area contributed by atoms with Gasteiger partial charge in [-0.25, -0.2) is 4.99 Å². The van der Waals surface area contributed by atoms with E-state index in [0.717, 1.165) is 33.8 Å². The largest absolute Gasteiger partial charge is 0.398 e. The van der Waals surface area contributed by atoms with Gasteiger partial charge in [-0.15, -0.1) is 0 Å². The molecule has 0 aromatic heterocycles. The van der Waals surface area contributed by atoms with Crippen molar-refractivity contribution in [3.63, 3.8) is 0 Å². The molecule has 2 N–H and O–H groups in total. The predicted octanol–water partition coefficient (Wildman–Crippen LogP) is 5.76. The number of allylic oxidation sites excluding steroid dienone is 3. The van der Waals surface area contributed by atoms with Crippen LogP contribution >= 0.6 is 11.6 Å². The summed E-state index contributed by atoms with van der Waals surface area (Å²) in [4.78, 5) is 6.55. The zero-order valence-electron chi connectivity index (χ0n) is 15.2. The van der Waals surface area contributed by atoms with Crippen LogP contribution in [-0.2, 0) is 0 Å². The number of hydrogen-bond acceptors (Lipinski definition) is 2. The lowest BCUT2D eigenvalue weighted by Gasteiger charge is -2.24. The van der Waals surface area contributed by atoms with Crippen LogP contribution in [0.5, 0.6) is 0 Å². The summed E-state index contributed by atoms with van der Waals surface area (Å²) in [6, 6.07) is 3.53. The lowest BCUT2D eigenvalue weighted by atomic mass is 10.0. The number of amidine groups is 1. The molecule has 0 unspecified atom stereocenters. The van der Waals surface area contributed by atoms with Crippen molar-refractivity contribution in [2.24, 2.45) is 4.99 Å². The summed E-state index contributed by atoms with van der Waals surface area (Å²) >= 11 is 6.26. The molecule has 0 amide bonds. The molecule has 0 heterocycles. The number of hydrogen-bond donors (Lipinski definition) is 1. The third-order valence-electron chi connectivity index (χ3n) is 4.12. The first-order valence-corrected chi connectivity index (χ1v) is 8.01. The van der Waals surface area contributed by atoms with Gasteiger partial charge < -0.3 is 10.6 Å². The fraction of sp³-hybridized carbons (Fsp3) is 0.250. The molecule has 0 bridgehead atoms. The molecule has 1 rings (SSSR count). The van der Waals surface area contributed by atoms with Gasteiger partial charge in [0.2, 0.25) is 0 Å². The SMILES string of the molecule is C=Cc1c(Cl)ccc(N)c1C(=C)N(C)/C(C)=N/C(C)=C(\C)C(=C)C. The van der Waals surface area contributed by atoms with Crippen LogP contribution in [0.3, 0.4) is 0 Å². The van der Waals surface area contributed by atoms with Crippen molar-refractivity contribution in [1.82, 2.24) is 4.90 Å². The standard InChI is InChI=1S/C20H26ClN3/c1-9-17-18(21)10-11-19(22)20(17)15(6)24(8)16(7)23-14(5)13(4)12(2)3/h9-11H,1-2,6,22H2,3-5,7-8H3/b14-13+,23-16+. The van der Waals surface area contributed by atoms with Crippen LogP contribution < -0.4 is 5.73 Å². The van der Waals surface area contributed by atoms with Gasteiger partial charge >= 0.3 is 0 Å². The van der Waals surface area contributed by atoms with E-state index in [0.29, 0.717) is 16.4 Å². The van der Waals surface area contributed by atoms with Gasteiger partial charge in [0, 0.05) is 40.3 Å². The van der Waals surface area contributed by atoms with Crippen LogP contribution in [-0.4, -0.2) is 17.8 Å². The lowest BCUT2D eigenvalue weighted by molar-refractivity contribution is 0.712. The molecule has 0 aliphatic heterocycles. The zero-order valence-corrected chi connectivity index (χ0v) is 16.0. The zero-order chi connectivity index (χ0) is 18.6. The Labute approximate surface area is 150 Å². The number of anilines is 1. The van der Waals surface area contributed by atoms with Crippen LogP contribution in [0.15, 0.2) is 53.7 Å². The topological polar surface area (TPSA) is 41.6 Å². The summed E-state index contributed by atoms with van der Waals surface area (Å²) in [6.45, 7) is 19.8. The predicted molar refractivity (Wildman–Crippen MR) is 109 cm³/mol. The average Bonchev–Trinajstić information content (AvgIpc) is 2.54. The molecule has 1 aromatic carbocycles. The van der Waals surface area contributed by atoms with E-state index >= 15 is 0 Å². The molecule has 24 heavy (non-hydrogen) atoms. The first kappa shape index (κ1) is 19.8. The second kappa shape index (κ2) is 8.02. The van der Waals surface area contributed by atoms with Crippen LogP contribution in [0.25, 0.3) is 11.8 Å². The first-order chi connectivity index (χ1) is 11.1. The monoisotopic (exact) mass is 343 g/mol. The van der Waals surface area contributed by atoms with Gasteiger partial charge in [-0.1, -0.05) is 43.0 Å². The Bertz CT molecular complexity index is 754. The van der Waals surface area contributed by atoms with Crippen molar-refractivity contribution in [2.75, 3.05) is 12.8 Å². The number of aliphatic imine (C=N–C) groups is 1. The van der Waals surface area contributed by atoms with Crippen LogP contribution in [0.4, 0.5) is 5.69 Å². The molecule has 4 heteroatoms. The summed E-state index contributed by atoms with van der Waals surface area (Å²) in [5, 5.41) is 0.590. The van der Waals surface area contributed by atoms with E-state index in [1.165, 1.54) is 0 Å².